The molecule has 0 aromatic heterocycles. The first-order valence-electron chi connectivity index (χ1n) is 10.6. The number of benzene rings is 1. The van der Waals surface area contributed by atoms with Crippen molar-refractivity contribution in [2.45, 2.75) is 46.3 Å². The van der Waals surface area contributed by atoms with E-state index >= 15 is 0 Å². The molecule has 0 amide bonds. The summed E-state index contributed by atoms with van der Waals surface area (Å²) in [5.41, 5.74) is 2.70. The van der Waals surface area contributed by atoms with E-state index in [4.69, 9.17) is 4.74 Å². The Balaban J connectivity index is 0.00000420. The van der Waals surface area contributed by atoms with E-state index in [-0.39, 0.29) is 29.5 Å². The fourth-order valence-electron chi connectivity index (χ4n) is 3.53. The van der Waals surface area contributed by atoms with Crippen LogP contribution < -0.4 is 10.6 Å². The average molecular weight is 518 g/mol. The molecule has 0 bridgehead atoms. The Morgan fingerprint density at radius 3 is 2.41 bits per heavy atom. The zero-order valence-corrected chi connectivity index (χ0v) is 21.2. The standard InChI is InChI=1S/C22H39N5O.HI/c1-6-26(7-2)17-20-10-8-9-19(15-20)16-24-21(23-5)25-18-22(3,4)27-11-13-28-14-12-27;/h8-10,15H,6-7,11-14,16-18H2,1-5H3,(H2,23,24,25);1H. The Bertz CT molecular complexity index is 613. The zero-order valence-electron chi connectivity index (χ0n) is 18.8. The third kappa shape index (κ3) is 8.78. The lowest BCUT2D eigenvalue weighted by Crippen LogP contribution is -2.56. The van der Waals surface area contributed by atoms with E-state index in [2.05, 4.69) is 77.4 Å². The summed E-state index contributed by atoms with van der Waals surface area (Å²) in [6.07, 6.45) is 0. The van der Waals surface area contributed by atoms with Crippen LogP contribution in [0.4, 0.5) is 0 Å². The van der Waals surface area contributed by atoms with Gasteiger partial charge in [0, 0.05) is 45.3 Å². The summed E-state index contributed by atoms with van der Waals surface area (Å²) in [6.45, 7) is 17.3. The first-order chi connectivity index (χ1) is 13.5. The van der Waals surface area contributed by atoms with Crippen LogP contribution in [0.3, 0.4) is 0 Å². The Morgan fingerprint density at radius 2 is 1.79 bits per heavy atom. The molecular weight excluding hydrogens is 477 g/mol. The molecule has 2 N–H and O–H groups in total. The van der Waals surface area contributed by atoms with Gasteiger partial charge in [0.1, 0.15) is 0 Å². The molecule has 1 fully saturated rings. The Morgan fingerprint density at radius 1 is 1.14 bits per heavy atom. The van der Waals surface area contributed by atoms with Crippen molar-refractivity contribution in [3.05, 3.63) is 35.4 Å². The Kier molecular flexibility index (Phi) is 12.1. The molecule has 7 heteroatoms. The van der Waals surface area contributed by atoms with Gasteiger partial charge in [-0.05, 0) is 38.1 Å². The highest BCUT2D eigenvalue weighted by atomic mass is 127. The van der Waals surface area contributed by atoms with Crippen molar-refractivity contribution in [3.8, 4) is 0 Å². The number of nitrogens with one attached hydrogen (secondary N) is 2. The van der Waals surface area contributed by atoms with Crippen molar-refractivity contribution >= 4 is 29.9 Å². The van der Waals surface area contributed by atoms with E-state index in [0.717, 1.165) is 65.0 Å². The van der Waals surface area contributed by atoms with Crippen LogP contribution in [0.15, 0.2) is 29.3 Å². The van der Waals surface area contributed by atoms with Gasteiger partial charge in [-0.3, -0.25) is 14.8 Å². The van der Waals surface area contributed by atoms with Gasteiger partial charge in [-0.2, -0.15) is 0 Å². The van der Waals surface area contributed by atoms with Gasteiger partial charge in [-0.1, -0.05) is 38.1 Å². The van der Waals surface area contributed by atoms with Crippen LogP contribution in [0.5, 0.6) is 0 Å². The molecule has 29 heavy (non-hydrogen) atoms. The molecule has 0 spiro atoms. The van der Waals surface area contributed by atoms with E-state index in [1.807, 2.05) is 7.05 Å². The van der Waals surface area contributed by atoms with E-state index in [0.29, 0.717) is 0 Å². The minimum atomic E-state index is 0. The lowest BCUT2D eigenvalue weighted by molar-refractivity contribution is -0.00834. The monoisotopic (exact) mass is 517 g/mol. The lowest BCUT2D eigenvalue weighted by Gasteiger charge is -2.41. The van der Waals surface area contributed by atoms with Gasteiger partial charge in [-0.25, -0.2) is 0 Å². The van der Waals surface area contributed by atoms with E-state index in [9.17, 15) is 0 Å². The second-order valence-electron chi connectivity index (χ2n) is 7.97. The van der Waals surface area contributed by atoms with Crippen molar-refractivity contribution in [1.29, 1.82) is 0 Å². The van der Waals surface area contributed by atoms with Crippen LogP contribution >= 0.6 is 24.0 Å². The van der Waals surface area contributed by atoms with Gasteiger partial charge in [0.05, 0.1) is 13.2 Å². The maximum atomic E-state index is 5.48. The van der Waals surface area contributed by atoms with Crippen LogP contribution in [0, 0.1) is 0 Å². The smallest absolute Gasteiger partial charge is 0.191 e. The number of morpholine rings is 1. The van der Waals surface area contributed by atoms with Gasteiger partial charge >= 0.3 is 0 Å². The van der Waals surface area contributed by atoms with Crippen molar-refractivity contribution in [2.24, 2.45) is 4.99 Å². The normalized spacial score (nSPS) is 15.9. The SMILES string of the molecule is CCN(CC)Cc1cccc(CNC(=NC)NCC(C)(C)N2CCOCC2)c1.I. The highest BCUT2D eigenvalue weighted by molar-refractivity contribution is 14.0. The van der Waals surface area contributed by atoms with Crippen molar-refractivity contribution in [1.82, 2.24) is 20.4 Å². The van der Waals surface area contributed by atoms with Crippen LogP contribution in [0.25, 0.3) is 0 Å². The van der Waals surface area contributed by atoms with E-state index in [1.165, 1.54) is 11.1 Å². The fourth-order valence-corrected chi connectivity index (χ4v) is 3.53. The Labute approximate surface area is 194 Å². The fraction of sp³-hybridized carbons (Fsp3) is 0.682. The first kappa shape index (κ1) is 26.1. The molecule has 2 rings (SSSR count). The third-order valence-electron chi connectivity index (χ3n) is 5.53. The number of rotatable bonds is 9. The molecule has 6 nitrogen and oxygen atoms in total. The topological polar surface area (TPSA) is 52.1 Å². The van der Waals surface area contributed by atoms with E-state index < -0.39 is 0 Å². The van der Waals surface area contributed by atoms with Crippen molar-refractivity contribution < 1.29 is 4.74 Å². The molecule has 1 heterocycles. The average Bonchev–Trinajstić information content (AvgIpc) is 2.73. The summed E-state index contributed by atoms with van der Waals surface area (Å²) in [7, 11) is 1.83. The zero-order chi connectivity index (χ0) is 20.4. The van der Waals surface area contributed by atoms with Crippen LogP contribution in [-0.2, 0) is 17.8 Å². The van der Waals surface area contributed by atoms with Gasteiger partial charge in [0.2, 0.25) is 0 Å². The number of hydrogen-bond donors (Lipinski definition) is 2. The minimum absolute atomic E-state index is 0. The number of halogens is 1. The van der Waals surface area contributed by atoms with Crippen LogP contribution in [0.2, 0.25) is 0 Å². The molecule has 1 aromatic rings. The summed E-state index contributed by atoms with van der Waals surface area (Å²) < 4.78 is 5.48. The molecule has 1 saturated heterocycles. The molecule has 166 valence electrons. The molecule has 1 aliphatic heterocycles. The summed E-state index contributed by atoms with van der Waals surface area (Å²) >= 11 is 0. The van der Waals surface area contributed by atoms with Crippen molar-refractivity contribution in [3.63, 3.8) is 0 Å². The quantitative estimate of drug-likeness (QED) is 0.300. The van der Waals surface area contributed by atoms with Gasteiger partial charge in [0.15, 0.2) is 5.96 Å². The summed E-state index contributed by atoms with van der Waals surface area (Å²) in [4.78, 5) is 9.30. The molecule has 1 aromatic carbocycles. The van der Waals surface area contributed by atoms with Crippen LogP contribution in [-0.4, -0.2) is 74.3 Å². The van der Waals surface area contributed by atoms with Gasteiger partial charge in [-0.15, -0.1) is 24.0 Å². The second kappa shape index (κ2) is 13.4. The predicted octanol–water partition coefficient (Wildman–Crippen LogP) is 2.92. The highest BCUT2D eigenvalue weighted by Gasteiger charge is 2.28. The third-order valence-corrected chi connectivity index (χ3v) is 5.53. The first-order valence-corrected chi connectivity index (χ1v) is 10.6. The Hall–Kier alpha value is -0.900. The summed E-state index contributed by atoms with van der Waals surface area (Å²) in [5.74, 6) is 0.843. The highest BCUT2D eigenvalue weighted by Crippen LogP contribution is 2.15. The second-order valence-corrected chi connectivity index (χ2v) is 7.97. The van der Waals surface area contributed by atoms with Crippen LogP contribution in [0.1, 0.15) is 38.8 Å². The molecule has 1 aliphatic rings. The number of aliphatic imine (C=N–C) groups is 1. The lowest BCUT2D eigenvalue weighted by atomic mass is 10.0. The summed E-state index contributed by atoms with van der Waals surface area (Å²) in [5, 5.41) is 6.94. The molecule has 0 radical (unpaired) electrons. The molecule has 0 aliphatic carbocycles. The number of guanidine groups is 1. The summed E-state index contributed by atoms with van der Waals surface area (Å²) in [6, 6.07) is 8.81. The predicted molar refractivity (Wildman–Crippen MR) is 133 cm³/mol. The largest absolute Gasteiger partial charge is 0.379 e. The molecule has 0 unspecified atom stereocenters. The molecular formula is C22H40IN5O. The minimum Gasteiger partial charge on any atom is -0.379 e. The molecule has 0 atom stereocenters. The van der Waals surface area contributed by atoms with Gasteiger partial charge in [0.25, 0.3) is 0 Å². The number of hydrogen-bond acceptors (Lipinski definition) is 4. The van der Waals surface area contributed by atoms with Gasteiger partial charge < -0.3 is 15.4 Å². The number of ether oxygens (including phenoxy) is 1. The maximum Gasteiger partial charge on any atom is 0.191 e. The number of nitrogens with zero attached hydrogens (tertiary/aromatic N) is 3. The van der Waals surface area contributed by atoms with Crippen molar-refractivity contribution in [2.75, 3.05) is 53.0 Å². The van der Waals surface area contributed by atoms with E-state index in [1.54, 1.807) is 0 Å². The molecule has 0 saturated carbocycles. The maximum absolute atomic E-state index is 5.48.